The third-order valence-electron chi connectivity index (χ3n) is 2.02. The van der Waals surface area contributed by atoms with Gasteiger partial charge in [0.25, 0.3) is 5.91 Å². The van der Waals surface area contributed by atoms with Crippen molar-refractivity contribution in [3.8, 4) is 0 Å². The van der Waals surface area contributed by atoms with Crippen LogP contribution in [0.15, 0.2) is 6.33 Å². The highest BCUT2D eigenvalue weighted by molar-refractivity contribution is 5.98. The zero-order valence-corrected chi connectivity index (χ0v) is 9.26. The van der Waals surface area contributed by atoms with E-state index < -0.39 is 0 Å². The average Bonchev–Trinajstić information content (AvgIpc) is 2.57. The van der Waals surface area contributed by atoms with Crippen LogP contribution in [0.4, 0.5) is 5.82 Å². The highest BCUT2D eigenvalue weighted by atomic mass is 16.2. The predicted molar refractivity (Wildman–Crippen MR) is 55.7 cm³/mol. The van der Waals surface area contributed by atoms with E-state index in [2.05, 4.69) is 4.98 Å². The van der Waals surface area contributed by atoms with Crippen LogP contribution in [-0.2, 0) is 11.8 Å². The smallest absolute Gasteiger partial charge is 0.273 e. The highest BCUT2D eigenvalue weighted by Gasteiger charge is 2.20. The molecule has 1 aromatic heterocycles. The first-order valence-electron chi connectivity index (χ1n) is 4.40. The molecular formula is C9H14N4O2. The molecule has 15 heavy (non-hydrogen) atoms. The number of anilines is 1. The Hall–Kier alpha value is -1.85. The molecule has 6 nitrogen and oxygen atoms in total. The van der Waals surface area contributed by atoms with Gasteiger partial charge in [0.15, 0.2) is 11.5 Å². The van der Waals surface area contributed by atoms with Gasteiger partial charge in [-0.3, -0.25) is 9.59 Å². The molecule has 0 radical (unpaired) electrons. The van der Waals surface area contributed by atoms with E-state index in [4.69, 9.17) is 0 Å². The number of aromatic nitrogens is 2. The number of imidazole rings is 1. The zero-order chi connectivity index (χ0) is 11.6. The third-order valence-corrected chi connectivity index (χ3v) is 2.02. The van der Waals surface area contributed by atoms with E-state index in [0.29, 0.717) is 17.9 Å². The van der Waals surface area contributed by atoms with Crippen molar-refractivity contribution in [1.82, 2.24) is 14.5 Å². The first-order valence-corrected chi connectivity index (χ1v) is 4.40. The van der Waals surface area contributed by atoms with Crippen molar-refractivity contribution in [1.29, 1.82) is 0 Å². The fourth-order valence-corrected chi connectivity index (χ4v) is 1.18. The largest absolute Gasteiger partial charge is 0.343 e. The SMILES string of the molecule is CN(C)C(=O)c1c(N(C)C=O)ncn1C. The van der Waals surface area contributed by atoms with Gasteiger partial charge >= 0.3 is 0 Å². The van der Waals surface area contributed by atoms with Gasteiger partial charge in [0.05, 0.1) is 6.33 Å². The summed E-state index contributed by atoms with van der Waals surface area (Å²) in [4.78, 5) is 29.1. The standard InChI is InChI=1S/C9H14N4O2/c1-11(2)9(15)7-8(13(4)6-14)10-5-12(7)3/h5-6H,1-4H3. The van der Waals surface area contributed by atoms with E-state index >= 15 is 0 Å². The van der Waals surface area contributed by atoms with Crippen molar-refractivity contribution in [2.45, 2.75) is 0 Å². The molecule has 1 aromatic rings. The van der Waals surface area contributed by atoms with Crippen molar-refractivity contribution in [3.05, 3.63) is 12.0 Å². The topological polar surface area (TPSA) is 58.4 Å². The number of aryl methyl sites for hydroxylation is 1. The Labute approximate surface area is 88.1 Å². The Kier molecular flexibility index (Phi) is 3.08. The van der Waals surface area contributed by atoms with Crippen LogP contribution in [0.5, 0.6) is 0 Å². The molecule has 0 aliphatic rings. The Bertz CT molecular complexity index is 383. The van der Waals surface area contributed by atoms with E-state index in [1.165, 1.54) is 16.1 Å². The Morgan fingerprint density at radius 2 is 2.07 bits per heavy atom. The number of hydrogen-bond donors (Lipinski definition) is 0. The molecule has 0 unspecified atom stereocenters. The summed E-state index contributed by atoms with van der Waals surface area (Å²) in [6.07, 6.45) is 2.13. The van der Waals surface area contributed by atoms with E-state index in [0.717, 1.165) is 0 Å². The summed E-state index contributed by atoms with van der Waals surface area (Å²) in [6.45, 7) is 0. The second kappa shape index (κ2) is 4.12. The van der Waals surface area contributed by atoms with Crippen LogP contribution in [-0.4, -0.2) is 47.9 Å². The van der Waals surface area contributed by atoms with Crippen molar-refractivity contribution in [2.75, 3.05) is 26.0 Å². The molecule has 0 N–H and O–H groups in total. The Balaban J connectivity index is 3.20. The normalized spacial score (nSPS) is 9.87. The van der Waals surface area contributed by atoms with E-state index in [9.17, 15) is 9.59 Å². The maximum atomic E-state index is 11.8. The summed E-state index contributed by atoms with van der Waals surface area (Å²) >= 11 is 0. The van der Waals surface area contributed by atoms with Crippen molar-refractivity contribution in [2.24, 2.45) is 7.05 Å². The molecular weight excluding hydrogens is 196 g/mol. The number of carbonyl (C=O) groups excluding carboxylic acids is 2. The minimum absolute atomic E-state index is 0.182. The summed E-state index contributed by atoms with van der Waals surface area (Å²) in [5.41, 5.74) is 0.398. The molecule has 0 atom stereocenters. The maximum absolute atomic E-state index is 11.8. The number of amides is 2. The summed E-state index contributed by atoms with van der Waals surface area (Å²) in [5.74, 6) is 0.185. The van der Waals surface area contributed by atoms with Gasteiger partial charge in [0.1, 0.15) is 0 Å². The second-order valence-corrected chi connectivity index (χ2v) is 3.44. The van der Waals surface area contributed by atoms with Crippen molar-refractivity contribution < 1.29 is 9.59 Å². The van der Waals surface area contributed by atoms with Crippen LogP contribution in [0.25, 0.3) is 0 Å². The molecule has 6 heteroatoms. The molecule has 0 saturated carbocycles. The van der Waals surface area contributed by atoms with Gasteiger partial charge in [-0.2, -0.15) is 0 Å². The fourth-order valence-electron chi connectivity index (χ4n) is 1.18. The van der Waals surface area contributed by atoms with Crippen LogP contribution in [0.2, 0.25) is 0 Å². The third kappa shape index (κ3) is 1.98. The van der Waals surface area contributed by atoms with Gasteiger partial charge in [-0.05, 0) is 0 Å². The summed E-state index contributed by atoms with van der Waals surface area (Å²) in [7, 11) is 6.58. The second-order valence-electron chi connectivity index (χ2n) is 3.44. The lowest BCUT2D eigenvalue weighted by Crippen LogP contribution is -2.27. The van der Waals surface area contributed by atoms with Crippen molar-refractivity contribution >= 4 is 18.1 Å². The minimum atomic E-state index is -0.182. The van der Waals surface area contributed by atoms with Gasteiger partial charge in [-0.1, -0.05) is 0 Å². The van der Waals surface area contributed by atoms with Crippen LogP contribution in [0, 0.1) is 0 Å². The lowest BCUT2D eigenvalue weighted by molar-refractivity contribution is -0.107. The monoisotopic (exact) mass is 210 g/mol. The van der Waals surface area contributed by atoms with E-state index in [1.807, 2.05) is 0 Å². The zero-order valence-electron chi connectivity index (χ0n) is 9.26. The number of carbonyl (C=O) groups is 2. The van der Waals surface area contributed by atoms with Crippen LogP contribution in [0.1, 0.15) is 10.5 Å². The first kappa shape index (κ1) is 11.2. The maximum Gasteiger partial charge on any atom is 0.273 e. The molecule has 1 rings (SSSR count). The minimum Gasteiger partial charge on any atom is -0.343 e. The van der Waals surface area contributed by atoms with Crippen LogP contribution in [0.3, 0.4) is 0 Å². The quantitative estimate of drug-likeness (QED) is 0.644. The van der Waals surface area contributed by atoms with Gasteiger partial charge in [0, 0.05) is 28.2 Å². The van der Waals surface area contributed by atoms with Crippen LogP contribution < -0.4 is 4.90 Å². The molecule has 82 valence electrons. The van der Waals surface area contributed by atoms with Gasteiger partial charge < -0.3 is 14.4 Å². The molecule has 2 amide bonds. The van der Waals surface area contributed by atoms with E-state index in [-0.39, 0.29) is 5.91 Å². The molecule has 0 spiro atoms. The lowest BCUT2D eigenvalue weighted by atomic mass is 10.3. The van der Waals surface area contributed by atoms with Gasteiger partial charge in [-0.25, -0.2) is 4.98 Å². The molecule has 0 aromatic carbocycles. The number of rotatable bonds is 3. The molecule has 0 bridgehead atoms. The fraction of sp³-hybridized carbons (Fsp3) is 0.444. The first-order chi connectivity index (χ1) is 6.99. The summed E-state index contributed by atoms with van der Waals surface area (Å²) in [5, 5.41) is 0. The van der Waals surface area contributed by atoms with Gasteiger partial charge in [0.2, 0.25) is 6.41 Å². The summed E-state index contributed by atoms with van der Waals surface area (Å²) in [6, 6.07) is 0. The molecule has 0 fully saturated rings. The van der Waals surface area contributed by atoms with Gasteiger partial charge in [-0.15, -0.1) is 0 Å². The Morgan fingerprint density at radius 1 is 1.47 bits per heavy atom. The predicted octanol–water partition coefficient (Wildman–Crippen LogP) is -0.286. The molecule has 0 aliphatic heterocycles. The molecule has 0 aliphatic carbocycles. The van der Waals surface area contributed by atoms with E-state index in [1.54, 1.807) is 32.8 Å². The Morgan fingerprint density at radius 3 is 2.53 bits per heavy atom. The average molecular weight is 210 g/mol. The number of hydrogen-bond acceptors (Lipinski definition) is 3. The lowest BCUT2D eigenvalue weighted by Gasteiger charge is -2.14. The molecule has 0 saturated heterocycles. The van der Waals surface area contributed by atoms with Crippen molar-refractivity contribution in [3.63, 3.8) is 0 Å². The van der Waals surface area contributed by atoms with Crippen LogP contribution >= 0.6 is 0 Å². The highest BCUT2D eigenvalue weighted by Crippen LogP contribution is 2.16. The number of nitrogens with zero attached hydrogens (tertiary/aromatic N) is 4. The molecule has 1 heterocycles. The summed E-state index contributed by atoms with van der Waals surface area (Å²) < 4.78 is 1.59.